The molecule has 408 valence electrons. The zero-order chi connectivity index (χ0) is 65.4. The topological polar surface area (TPSA) is 36.9 Å². The Balaban J connectivity index is 1.23. The number of pyridine rings is 1. The summed E-state index contributed by atoms with van der Waals surface area (Å²) < 4.78 is 105. The second-order valence-corrected chi connectivity index (χ2v) is 28.4. The number of benzene rings is 7. The van der Waals surface area contributed by atoms with Gasteiger partial charge in [-0.15, -0.1) is 0 Å². The summed E-state index contributed by atoms with van der Waals surface area (Å²) >= 11 is 2.25. The van der Waals surface area contributed by atoms with Crippen LogP contribution in [0, 0.1) is 21.4 Å². The number of hydrogen-bond acceptors (Lipinski definition) is 2. The molecule has 0 saturated heterocycles. The molecule has 0 radical (unpaired) electrons. The first kappa shape index (κ1) is 43.3. The van der Waals surface area contributed by atoms with Gasteiger partial charge in [-0.2, -0.15) is 0 Å². The van der Waals surface area contributed by atoms with E-state index in [4.69, 9.17) is 17.9 Å². The van der Waals surface area contributed by atoms with Crippen molar-refractivity contribution in [3.05, 3.63) is 195 Å². The van der Waals surface area contributed by atoms with E-state index in [2.05, 4.69) is 187 Å². The van der Waals surface area contributed by atoms with Crippen molar-refractivity contribution in [1.82, 2.24) is 18.7 Å². The van der Waals surface area contributed by atoms with Gasteiger partial charge in [0.2, 0.25) is 0 Å². The van der Waals surface area contributed by atoms with Crippen LogP contribution in [0.25, 0.3) is 72.3 Å². The van der Waals surface area contributed by atoms with Crippen molar-refractivity contribution in [3.63, 3.8) is 0 Å². The Hall–Kier alpha value is -6.55. The summed E-state index contributed by atoms with van der Waals surface area (Å²) in [4.78, 5) is 5.06. The van der Waals surface area contributed by atoms with Gasteiger partial charge in [0.25, 0.3) is 0 Å². The van der Waals surface area contributed by atoms with Crippen molar-refractivity contribution in [1.29, 1.82) is 0 Å². The van der Waals surface area contributed by atoms with Gasteiger partial charge in [-0.25, -0.2) is 0 Å². The molecule has 1 aliphatic carbocycles. The van der Waals surface area contributed by atoms with E-state index in [1.54, 1.807) is 0 Å². The number of nitrogens with zero attached hydrogens (tertiary/aromatic N) is 4. The monoisotopic (exact) mass is 1230 g/mol. The van der Waals surface area contributed by atoms with E-state index in [1.807, 2.05) is 67.9 Å². The molecule has 10 aromatic rings. The summed E-state index contributed by atoms with van der Waals surface area (Å²) in [6.07, 6.45) is 1.89. The Morgan fingerprint density at radius 2 is 1.08 bits per heavy atom. The number of rotatable bonds is 7. The average Bonchev–Trinajstić information content (AvgIpc) is 1.56. The normalized spacial score (nSPS) is 17.1. The molecule has 0 saturated carbocycles. The van der Waals surface area contributed by atoms with Gasteiger partial charge >= 0.3 is 384 Å². The molecular weight excluding hydrogens is 1140 g/mol. The molecular formula is C73H78N4OPt-2. The van der Waals surface area contributed by atoms with Crippen molar-refractivity contribution >= 4 is 32.8 Å². The molecule has 0 unspecified atom stereocenters. The zero-order valence-corrected chi connectivity index (χ0v) is 51.4. The van der Waals surface area contributed by atoms with Crippen molar-refractivity contribution in [2.75, 3.05) is 0 Å². The molecule has 0 bridgehead atoms. The summed E-state index contributed by atoms with van der Waals surface area (Å²) in [5.41, 5.74) is 8.53. The van der Waals surface area contributed by atoms with Crippen molar-refractivity contribution in [2.45, 2.75) is 157 Å². The van der Waals surface area contributed by atoms with Gasteiger partial charge < -0.3 is 0 Å². The Bertz CT molecular complexity index is 4600. The Morgan fingerprint density at radius 1 is 0.519 bits per heavy atom. The summed E-state index contributed by atoms with van der Waals surface area (Å²) in [6, 6.07) is 29.2. The van der Waals surface area contributed by atoms with Gasteiger partial charge in [-0.3, -0.25) is 0 Å². The first-order valence-electron chi connectivity index (χ1n) is 32.4. The maximum atomic E-state index is 9.52. The molecule has 3 aromatic heterocycles. The van der Waals surface area contributed by atoms with Crippen LogP contribution in [0.15, 0.2) is 145 Å². The fourth-order valence-corrected chi connectivity index (χ4v) is 12.8. The van der Waals surface area contributed by atoms with Crippen LogP contribution in [0.2, 0.25) is 0 Å². The predicted molar refractivity (Wildman–Crippen MR) is 328 cm³/mol. The third-order valence-electron chi connectivity index (χ3n) is 17.6. The molecule has 3 heterocycles. The van der Waals surface area contributed by atoms with Crippen molar-refractivity contribution < 1.29 is 37.8 Å². The Kier molecular flexibility index (Phi) is 10.1. The Morgan fingerprint density at radius 3 is 1.66 bits per heavy atom. The van der Waals surface area contributed by atoms with Gasteiger partial charge in [0.1, 0.15) is 0 Å². The van der Waals surface area contributed by atoms with Gasteiger partial charge in [0, 0.05) is 6.20 Å². The average molecular weight is 1230 g/mol. The summed E-state index contributed by atoms with van der Waals surface area (Å²) in [5.74, 6) is 1.65. The second-order valence-electron chi connectivity index (χ2n) is 27.3. The standard InChI is InChI=1S/C73H78N4O.Pt/c1-67(2,3)48-29-33-59-62(41-48)75(45-76(59)66-56(46-25-21-19-22-26-46)39-51(70(10,11)12)40-57(66)47-27-23-20-24-28-47)52-37-50(69(7,8)9)38-54(43-52)78-53-30-31-55-61(44-53)77(63-42-49(35-36-74-63)68(4,5)6)60-34-32-58-65(64(55)60)72(15,16)73(17,18)71(58,13)14;/h19-42H,1-18H3;/q-2;/i19D,20D,21D,22D,23D,24D,25D,26D,27D,28D;. The first-order chi connectivity index (χ1) is 41.0. The van der Waals surface area contributed by atoms with Gasteiger partial charge in [0.15, 0.2) is 0 Å². The second kappa shape index (κ2) is 18.5. The molecule has 1 aliphatic rings. The molecule has 0 spiro atoms. The number of aromatic nitrogens is 4. The number of hydrogen-bond donors (Lipinski definition) is 0. The van der Waals surface area contributed by atoms with E-state index >= 15 is 0 Å². The zero-order valence-electron chi connectivity index (χ0n) is 59.1. The molecule has 11 rings (SSSR count). The van der Waals surface area contributed by atoms with Crippen LogP contribution in [0.5, 0.6) is 11.5 Å². The molecule has 7 aromatic carbocycles. The Labute approximate surface area is 495 Å². The number of fused-ring (bicyclic) bond motifs is 6. The summed E-state index contributed by atoms with van der Waals surface area (Å²) in [7, 11) is 0. The van der Waals surface area contributed by atoms with Crippen LogP contribution in [0.3, 0.4) is 0 Å². The molecule has 5 nitrogen and oxygen atoms in total. The van der Waals surface area contributed by atoms with E-state index in [0.29, 0.717) is 37.6 Å². The van der Waals surface area contributed by atoms with Gasteiger partial charge in [0.05, 0.1) is 0 Å². The van der Waals surface area contributed by atoms with E-state index in [1.165, 1.54) is 16.5 Å². The molecule has 0 N–H and O–H groups in total. The van der Waals surface area contributed by atoms with Crippen LogP contribution in [-0.4, -0.2) is 18.7 Å². The van der Waals surface area contributed by atoms with E-state index in [-0.39, 0.29) is 55.0 Å². The number of ether oxygens (including phenoxy) is 1. The predicted octanol–water partition coefficient (Wildman–Crippen LogP) is 19.5. The molecule has 0 atom stereocenters. The van der Waals surface area contributed by atoms with Gasteiger partial charge in [-0.05, 0) is 38.9 Å². The van der Waals surface area contributed by atoms with E-state index in [9.17, 15) is 5.48 Å². The van der Waals surface area contributed by atoms with Crippen LogP contribution in [0.4, 0.5) is 0 Å². The number of imidazole rings is 1. The SMILES string of the molecule is [2H]c1c([2H])c([2H])c(-c2cc(C(C)(C)C)cc(-c3c([2H])c([2H])c([2H])c([2H])c3[2H])c2-n2[c](=[Pt])n(-c3[c-]c(Oc4[c-]c5c(cc4)c4c6c(ccc4n5-c4cc(C(C)(C)C)ccn4)C(C)(C)C(C)(C)C6(C)C)cc(C(C)(C)C)c3)c3cc(C(C)(C)C)ccc32)c([2H])c1[2H]. The van der Waals surface area contributed by atoms with Crippen LogP contribution in [0.1, 0.15) is 172 Å². The third-order valence-corrected chi connectivity index (χ3v) is 18.7. The molecule has 0 aliphatic heterocycles. The fraction of sp³-hybridized carbons (Fsp3) is 0.342. The van der Waals surface area contributed by atoms with Crippen LogP contribution >= 0.6 is 0 Å². The molecule has 0 amide bonds. The molecule has 0 fully saturated rings. The van der Waals surface area contributed by atoms with Crippen molar-refractivity contribution in [3.8, 4) is 50.9 Å². The van der Waals surface area contributed by atoms with Crippen LogP contribution < -0.4 is 4.74 Å². The first-order valence-corrected chi connectivity index (χ1v) is 28.5. The van der Waals surface area contributed by atoms with Crippen LogP contribution in [-0.2, 0) is 51.8 Å². The van der Waals surface area contributed by atoms with E-state index < -0.39 is 71.3 Å². The summed E-state index contributed by atoms with van der Waals surface area (Å²) in [5, 5.41) is 2.21. The fourth-order valence-electron chi connectivity index (χ4n) is 11.7. The maximum absolute atomic E-state index is 9.52. The summed E-state index contributed by atoms with van der Waals surface area (Å²) in [6.45, 7) is 39.6. The molecule has 6 heteroatoms. The van der Waals surface area contributed by atoms with Gasteiger partial charge in [-0.1, -0.05) is 68.4 Å². The van der Waals surface area contributed by atoms with Crippen molar-refractivity contribution in [2.24, 2.45) is 5.41 Å². The quantitative estimate of drug-likeness (QED) is 0.149. The molecule has 79 heavy (non-hydrogen) atoms. The minimum atomic E-state index is -0.660. The van der Waals surface area contributed by atoms with E-state index in [0.717, 1.165) is 38.9 Å². The minimum absolute atomic E-state index is 0.0968. The third kappa shape index (κ3) is 8.93.